The summed E-state index contributed by atoms with van der Waals surface area (Å²) in [5, 5.41) is 23.2. The molecule has 1 amide bonds. The number of hydrogen-bond acceptors (Lipinski definition) is 10. The zero-order chi connectivity index (χ0) is 33.1. The zero-order valence-corrected chi connectivity index (χ0v) is 25.2. The van der Waals surface area contributed by atoms with Gasteiger partial charge in [-0.15, -0.1) is 0 Å². The Morgan fingerprint density at radius 1 is 0.870 bits per heavy atom. The van der Waals surface area contributed by atoms with Crippen molar-refractivity contribution in [3.8, 4) is 17.2 Å². The number of aromatic hydroxyl groups is 1. The Bertz CT molecular complexity index is 1660. The fourth-order valence-electron chi connectivity index (χ4n) is 4.41. The molecule has 0 aliphatic carbocycles. The number of carbonyl (C=O) groups excluding carboxylic acids is 3. The van der Waals surface area contributed by atoms with Crippen LogP contribution in [0.25, 0.3) is 0 Å². The maximum atomic E-state index is 14.0. The summed E-state index contributed by atoms with van der Waals surface area (Å²) in [5.41, 5.74) is 8.63. The molecule has 12 nitrogen and oxygen atoms in total. The minimum absolute atomic E-state index is 0.0250. The number of benzene rings is 4. The van der Waals surface area contributed by atoms with E-state index in [0.29, 0.717) is 40.5 Å². The molecule has 6 N–H and O–H groups in total. The van der Waals surface area contributed by atoms with Crippen LogP contribution in [0.3, 0.4) is 0 Å². The summed E-state index contributed by atoms with van der Waals surface area (Å²) in [7, 11) is 1.48. The average molecular weight is 627 g/mol. The fraction of sp³-hybridized carbons (Fsp3) is 0.176. The Morgan fingerprint density at radius 3 is 2.20 bits per heavy atom. The highest BCUT2D eigenvalue weighted by Crippen LogP contribution is 2.32. The molecule has 12 heteroatoms. The molecule has 0 radical (unpaired) electrons. The molecule has 2 atom stereocenters. The van der Waals surface area contributed by atoms with Gasteiger partial charge >= 0.3 is 11.9 Å². The summed E-state index contributed by atoms with van der Waals surface area (Å²) >= 11 is 0. The molecule has 0 aliphatic heterocycles. The second-order valence-corrected chi connectivity index (χ2v) is 10.2. The van der Waals surface area contributed by atoms with Crippen molar-refractivity contribution in [2.75, 3.05) is 12.4 Å². The molecular formula is C34H34N4O8. The summed E-state index contributed by atoms with van der Waals surface area (Å²) in [4.78, 5) is 47.3. The molecule has 0 unspecified atom stereocenters. The minimum atomic E-state index is -1.28. The van der Waals surface area contributed by atoms with E-state index in [1.165, 1.54) is 19.2 Å². The van der Waals surface area contributed by atoms with E-state index < -0.39 is 29.9 Å². The Morgan fingerprint density at radius 2 is 1.57 bits per heavy atom. The van der Waals surface area contributed by atoms with Crippen LogP contribution in [0.1, 0.15) is 35.2 Å². The molecule has 4 aromatic carbocycles. The number of phenols is 1. The van der Waals surface area contributed by atoms with Crippen molar-refractivity contribution in [1.29, 1.82) is 5.41 Å². The molecule has 46 heavy (non-hydrogen) atoms. The predicted octanol–water partition coefficient (Wildman–Crippen LogP) is 4.17. The molecule has 0 heterocycles. The van der Waals surface area contributed by atoms with E-state index in [-0.39, 0.29) is 18.0 Å². The standard InChI is InChI=1S/C34H34N4O8/c1-21(39)45-46-34(42)28(18-22-8-15-27(40)16-9-22)38-33(41)31(37-26-13-10-24(11-14-26)32(35)36)25-12-17-29(30(19-25)43-2)44-20-23-6-4-3-5-7-23/h3-17,19,28,31,37,40H,18,20H2,1-2H3,(H3,35,36)(H,38,41)/t28-,31-/m0/s1. The Hall–Kier alpha value is -6.04. The van der Waals surface area contributed by atoms with Gasteiger partial charge in [0.25, 0.3) is 0 Å². The van der Waals surface area contributed by atoms with Crippen molar-refractivity contribution in [2.45, 2.75) is 32.0 Å². The second kappa shape index (κ2) is 15.6. The van der Waals surface area contributed by atoms with Gasteiger partial charge in [-0.05, 0) is 65.2 Å². The van der Waals surface area contributed by atoms with E-state index in [1.807, 2.05) is 30.3 Å². The van der Waals surface area contributed by atoms with Gasteiger partial charge in [0.1, 0.15) is 30.3 Å². The first-order valence-corrected chi connectivity index (χ1v) is 14.2. The molecule has 0 aliphatic rings. The number of anilines is 1. The topological polar surface area (TPSA) is 182 Å². The SMILES string of the molecule is COc1cc([C@H](Nc2ccc(C(=N)N)cc2)C(=O)N[C@@H](Cc2ccc(O)cc2)C(=O)OOC(C)=O)ccc1OCc1ccccc1. The third-order valence-electron chi connectivity index (χ3n) is 6.75. The van der Waals surface area contributed by atoms with E-state index in [9.17, 15) is 19.5 Å². The molecule has 0 saturated carbocycles. The summed E-state index contributed by atoms with van der Waals surface area (Å²) < 4.78 is 11.6. The largest absolute Gasteiger partial charge is 0.508 e. The fourth-order valence-corrected chi connectivity index (χ4v) is 4.41. The van der Waals surface area contributed by atoms with Crippen molar-refractivity contribution < 1.29 is 38.7 Å². The van der Waals surface area contributed by atoms with Crippen molar-refractivity contribution in [3.63, 3.8) is 0 Å². The van der Waals surface area contributed by atoms with E-state index >= 15 is 0 Å². The van der Waals surface area contributed by atoms with Gasteiger partial charge < -0.3 is 30.9 Å². The maximum Gasteiger partial charge on any atom is 0.377 e. The van der Waals surface area contributed by atoms with Gasteiger partial charge in [-0.25, -0.2) is 19.4 Å². The Labute approximate surface area is 265 Å². The number of ether oxygens (including phenoxy) is 2. The number of hydrogen-bond donors (Lipinski definition) is 5. The number of rotatable bonds is 13. The molecule has 4 aromatic rings. The smallest absolute Gasteiger partial charge is 0.377 e. The highest BCUT2D eigenvalue weighted by atomic mass is 17.2. The second-order valence-electron chi connectivity index (χ2n) is 10.2. The molecule has 0 saturated heterocycles. The van der Waals surface area contributed by atoms with Crippen molar-refractivity contribution in [3.05, 3.63) is 119 Å². The van der Waals surface area contributed by atoms with Crippen molar-refractivity contribution in [2.24, 2.45) is 5.73 Å². The number of amides is 1. The molecule has 238 valence electrons. The number of amidine groups is 1. The monoisotopic (exact) mass is 626 g/mol. The summed E-state index contributed by atoms with van der Waals surface area (Å²) in [6, 6.07) is 24.9. The van der Waals surface area contributed by atoms with Crippen molar-refractivity contribution >= 4 is 29.4 Å². The summed E-state index contributed by atoms with van der Waals surface area (Å²) in [6.07, 6.45) is -0.0399. The third-order valence-corrected chi connectivity index (χ3v) is 6.75. The normalized spacial score (nSPS) is 11.8. The number of nitrogen functional groups attached to an aromatic ring is 1. The number of methoxy groups -OCH3 is 1. The van der Waals surface area contributed by atoms with Crippen LogP contribution < -0.4 is 25.8 Å². The third kappa shape index (κ3) is 9.23. The molecule has 0 aromatic heterocycles. The molecule has 0 fully saturated rings. The van der Waals surface area contributed by atoms with Gasteiger partial charge in [0, 0.05) is 24.6 Å². The van der Waals surface area contributed by atoms with Crippen LogP contribution >= 0.6 is 0 Å². The lowest BCUT2D eigenvalue weighted by Crippen LogP contribution is -2.46. The lowest BCUT2D eigenvalue weighted by atomic mass is 10.0. The van der Waals surface area contributed by atoms with Crippen LogP contribution in [0.4, 0.5) is 5.69 Å². The number of nitrogens with two attached hydrogens (primary N) is 1. The molecule has 0 bridgehead atoms. The lowest BCUT2D eigenvalue weighted by molar-refractivity contribution is -0.258. The lowest BCUT2D eigenvalue weighted by Gasteiger charge is -2.24. The van der Waals surface area contributed by atoms with Gasteiger partial charge in [0.15, 0.2) is 11.5 Å². The highest BCUT2D eigenvalue weighted by molar-refractivity contribution is 5.95. The maximum absolute atomic E-state index is 14.0. The first-order chi connectivity index (χ1) is 22.1. The zero-order valence-electron chi connectivity index (χ0n) is 25.2. The van der Waals surface area contributed by atoms with Crippen LogP contribution in [-0.2, 0) is 37.2 Å². The van der Waals surface area contributed by atoms with Crippen LogP contribution in [0.15, 0.2) is 97.1 Å². The molecule has 0 spiro atoms. The number of nitrogens with one attached hydrogen (secondary N) is 3. The number of phenolic OH excluding ortho intramolecular Hbond substituents is 1. The average Bonchev–Trinajstić information content (AvgIpc) is 3.06. The Balaban J connectivity index is 1.64. The van der Waals surface area contributed by atoms with Gasteiger partial charge in [-0.3, -0.25) is 10.2 Å². The van der Waals surface area contributed by atoms with Gasteiger partial charge in [-0.1, -0.05) is 48.5 Å². The van der Waals surface area contributed by atoms with Crippen LogP contribution in [0.2, 0.25) is 0 Å². The predicted molar refractivity (Wildman–Crippen MR) is 169 cm³/mol. The summed E-state index contributed by atoms with van der Waals surface area (Å²) in [6.45, 7) is 1.36. The quantitative estimate of drug-likeness (QED) is 0.0625. The first kappa shape index (κ1) is 32.9. The van der Waals surface area contributed by atoms with E-state index in [2.05, 4.69) is 20.4 Å². The van der Waals surface area contributed by atoms with Gasteiger partial charge in [0.2, 0.25) is 5.91 Å². The molecular weight excluding hydrogens is 592 g/mol. The Kier molecular flexibility index (Phi) is 11.2. The van der Waals surface area contributed by atoms with E-state index in [0.717, 1.165) is 12.5 Å². The summed E-state index contributed by atoms with van der Waals surface area (Å²) in [5.74, 6) is -1.75. The van der Waals surface area contributed by atoms with Gasteiger partial charge in [0.05, 0.1) is 7.11 Å². The van der Waals surface area contributed by atoms with Gasteiger partial charge in [-0.2, -0.15) is 0 Å². The molecule has 4 rings (SSSR count). The van der Waals surface area contributed by atoms with E-state index in [4.69, 9.17) is 20.6 Å². The highest BCUT2D eigenvalue weighted by Gasteiger charge is 2.30. The van der Waals surface area contributed by atoms with E-state index in [1.54, 1.807) is 54.6 Å². The number of carbonyl (C=O) groups is 3. The van der Waals surface area contributed by atoms with Crippen LogP contribution in [-0.4, -0.2) is 41.9 Å². The first-order valence-electron chi connectivity index (χ1n) is 14.2. The van der Waals surface area contributed by atoms with Crippen LogP contribution in [0.5, 0.6) is 17.2 Å². The van der Waals surface area contributed by atoms with Crippen LogP contribution in [0, 0.1) is 5.41 Å². The minimum Gasteiger partial charge on any atom is -0.508 e. The van der Waals surface area contributed by atoms with Crippen molar-refractivity contribution in [1.82, 2.24) is 5.32 Å².